The van der Waals surface area contributed by atoms with E-state index in [0.717, 1.165) is 38.0 Å². The standard InChI is InChI=1S/C22H21N5/c1-2-13-8-15(10-19(13)23-6-1)17-4-3-14-9-20(27-22(14)26-17)16-11-21-18(25-12-16)5-7-24-21/h1-4,6,11-12,15,20,24H,5,7-10H2,(H,26,27). The summed E-state index contributed by atoms with van der Waals surface area (Å²) >= 11 is 0. The number of fused-ring (bicyclic) bond motifs is 3. The van der Waals surface area contributed by atoms with Crippen molar-refractivity contribution in [3.63, 3.8) is 0 Å². The third kappa shape index (κ3) is 2.49. The Morgan fingerprint density at radius 2 is 1.96 bits per heavy atom. The van der Waals surface area contributed by atoms with Crippen LogP contribution < -0.4 is 10.6 Å². The molecule has 0 spiro atoms. The minimum absolute atomic E-state index is 0.255. The zero-order valence-electron chi connectivity index (χ0n) is 15.1. The van der Waals surface area contributed by atoms with Crippen molar-refractivity contribution in [2.24, 2.45) is 0 Å². The summed E-state index contributed by atoms with van der Waals surface area (Å²) in [7, 11) is 0. The van der Waals surface area contributed by atoms with E-state index in [1.807, 2.05) is 18.5 Å². The van der Waals surface area contributed by atoms with Crippen molar-refractivity contribution in [1.82, 2.24) is 15.0 Å². The lowest BCUT2D eigenvalue weighted by Gasteiger charge is -2.13. The minimum Gasteiger partial charge on any atom is -0.383 e. The number of nitrogens with zero attached hydrogens (tertiary/aromatic N) is 3. The molecule has 2 aliphatic heterocycles. The van der Waals surface area contributed by atoms with E-state index < -0.39 is 0 Å². The van der Waals surface area contributed by atoms with Crippen LogP contribution in [0.2, 0.25) is 0 Å². The van der Waals surface area contributed by atoms with Crippen molar-refractivity contribution in [2.75, 3.05) is 17.2 Å². The maximum absolute atomic E-state index is 4.99. The quantitative estimate of drug-likeness (QED) is 0.737. The topological polar surface area (TPSA) is 62.7 Å². The molecule has 0 aromatic carbocycles. The first-order valence-corrected chi connectivity index (χ1v) is 9.75. The van der Waals surface area contributed by atoms with Gasteiger partial charge < -0.3 is 10.6 Å². The Morgan fingerprint density at radius 1 is 0.963 bits per heavy atom. The number of hydrogen-bond donors (Lipinski definition) is 2. The smallest absolute Gasteiger partial charge is 0.130 e. The van der Waals surface area contributed by atoms with Crippen LogP contribution in [0.25, 0.3) is 0 Å². The summed E-state index contributed by atoms with van der Waals surface area (Å²) < 4.78 is 0. The highest BCUT2D eigenvalue weighted by atomic mass is 15.1. The molecule has 27 heavy (non-hydrogen) atoms. The Labute approximate surface area is 158 Å². The summed E-state index contributed by atoms with van der Waals surface area (Å²) in [6.07, 6.45) is 7.94. The van der Waals surface area contributed by atoms with Gasteiger partial charge in [-0.3, -0.25) is 9.97 Å². The molecule has 3 aromatic rings. The molecule has 2 N–H and O–H groups in total. The largest absolute Gasteiger partial charge is 0.383 e. The maximum Gasteiger partial charge on any atom is 0.130 e. The molecule has 1 aliphatic carbocycles. The first-order valence-electron chi connectivity index (χ1n) is 9.75. The summed E-state index contributed by atoms with van der Waals surface area (Å²) in [5.74, 6) is 1.47. The molecule has 0 saturated carbocycles. The van der Waals surface area contributed by atoms with Gasteiger partial charge in [0.1, 0.15) is 5.82 Å². The average Bonchev–Trinajstić information content (AvgIpc) is 3.42. The van der Waals surface area contributed by atoms with Crippen molar-refractivity contribution in [3.05, 3.63) is 76.5 Å². The van der Waals surface area contributed by atoms with Crippen molar-refractivity contribution >= 4 is 11.5 Å². The second-order valence-corrected chi connectivity index (χ2v) is 7.80. The average molecular weight is 355 g/mol. The van der Waals surface area contributed by atoms with Crippen LogP contribution in [0.4, 0.5) is 11.5 Å². The Kier molecular flexibility index (Phi) is 3.24. The SMILES string of the molecule is c1cnc2c(c1)CC(c1ccc3c(n1)NC(c1cnc4c(c1)NCC4)C3)C2. The molecule has 2 unspecified atom stereocenters. The van der Waals surface area contributed by atoms with Crippen molar-refractivity contribution in [3.8, 4) is 0 Å². The van der Waals surface area contributed by atoms with Crippen LogP contribution >= 0.6 is 0 Å². The normalized spacial score (nSPS) is 21.9. The van der Waals surface area contributed by atoms with Gasteiger partial charge in [-0.1, -0.05) is 12.1 Å². The molecule has 0 radical (unpaired) electrons. The van der Waals surface area contributed by atoms with Gasteiger partial charge in [0.05, 0.1) is 17.4 Å². The number of pyridine rings is 3. The van der Waals surface area contributed by atoms with Gasteiger partial charge in [0.15, 0.2) is 0 Å². The van der Waals surface area contributed by atoms with Gasteiger partial charge >= 0.3 is 0 Å². The molecule has 0 saturated heterocycles. The number of rotatable bonds is 2. The Balaban J connectivity index is 1.25. The molecule has 134 valence electrons. The van der Waals surface area contributed by atoms with Crippen LogP contribution in [-0.2, 0) is 25.7 Å². The second kappa shape index (κ2) is 5.78. The van der Waals surface area contributed by atoms with E-state index in [2.05, 4.69) is 44.9 Å². The molecule has 5 heterocycles. The van der Waals surface area contributed by atoms with E-state index in [-0.39, 0.29) is 6.04 Å². The molecule has 6 rings (SSSR count). The molecular formula is C22H21N5. The summed E-state index contributed by atoms with van der Waals surface area (Å²) in [6.45, 7) is 0.994. The summed E-state index contributed by atoms with van der Waals surface area (Å²) in [5, 5.41) is 7.06. The number of hydrogen-bond acceptors (Lipinski definition) is 5. The minimum atomic E-state index is 0.255. The molecule has 5 heteroatoms. The highest BCUT2D eigenvalue weighted by Crippen LogP contribution is 2.37. The van der Waals surface area contributed by atoms with E-state index in [4.69, 9.17) is 4.98 Å². The predicted molar refractivity (Wildman–Crippen MR) is 105 cm³/mol. The van der Waals surface area contributed by atoms with E-state index in [1.54, 1.807) is 0 Å². The lowest BCUT2D eigenvalue weighted by Crippen LogP contribution is -2.08. The monoisotopic (exact) mass is 355 g/mol. The van der Waals surface area contributed by atoms with Crippen molar-refractivity contribution < 1.29 is 0 Å². The fourth-order valence-corrected chi connectivity index (χ4v) is 4.65. The third-order valence-electron chi connectivity index (χ3n) is 6.12. The van der Waals surface area contributed by atoms with E-state index >= 15 is 0 Å². The number of nitrogens with one attached hydrogen (secondary N) is 2. The van der Waals surface area contributed by atoms with Gasteiger partial charge in [0, 0.05) is 49.1 Å². The number of aromatic nitrogens is 3. The van der Waals surface area contributed by atoms with Crippen LogP contribution in [0, 0.1) is 0 Å². The predicted octanol–water partition coefficient (Wildman–Crippen LogP) is 3.43. The van der Waals surface area contributed by atoms with Crippen LogP contribution in [0.5, 0.6) is 0 Å². The van der Waals surface area contributed by atoms with E-state index in [9.17, 15) is 0 Å². The molecule has 0 bridgehead atoms. The zero-order chi connectivity index (χ0) is 17.8. The van der Waals surface area contributed by atoms with Gasteiger partial charge in [0.2, 0.25) is 0 Å². The first kappa shape index (κ1) is 15.1. The molecule has 0 fully saturated rings. The highest BCUT2D eigenvalue weighted by molar-refractivity contribution is 5.58. The molecule has 2 atom stereocenters. The lowest BCUT2D eigenvalue weighted by atomic mass is 10.00. The summed E-state index contributed by atoms with van der Waals surface area (Å²) in [5.41, 5.74) is 8.68. The van der Waals surface area contributed by atoms with Gasteiger partial charge in [-0.2, -0.15) is 0 Å². The fraction of sp³-hybridized carbons (Fsp3) is 0.318. The fourth-order valence-electron chi connectivity index (χ4n) is 4.65. The molecule has 3 aromatic heterocycles. The molecule has 5 nitrogen and oxygen atoms in total. The van der Waals surface area contributed by atoms with Crippen molar-refractivity contribution in [2.45, 2.75) is 37.6 Å². The van der Waals surface area contributed by atoms with E-state index in [0.29, 0.717) is 5.92 Å². The summed E-state index contributed by atoms with van der Waals surface area (Å²) in [4.78, 5) is 14.2. The van der Waals surface area contributed by atoms with Gasteiger partial charge in [-0.25, -0.2) is 4.98 Å². The lowest BCUT2D eigenvalue weighted by molar-refractivity contribution is 0.710. The number of anilines is 2. The van der Waals surface area contributed by atoms with Crippen LogP contribution in [0.15, 0.2) is 42.7 Å². The zero-order valence-corrected chi connectivity index (χ0v) is 15.1. The molecule has 0 amide bonds. The third-order valence-corrected chi connectivity index (χ3v) is 6.12. The highest BCUT2D eigenvalue weighted by Gasteiger charge is 2.29. The first-order chi connectivity index (χ1) is 13.3. The molecular weight excluding hydrogens is 334 g/mol. The van der Waals surface area contributed by atoms with Gasteiger partial charge in [-0.15, -0.1) is 0 Å². The van der Waals surface area contributed by atoms with Crippen LogP contribution in [0.3, 0.4) is 0 Å². The van der Waals surface area contributed by atoms with Gasteiger partial charge in [-0.05, 0) is 47.7 Å². The van der Waals surface area contributed by atoms with Crippen LogP contribution in [0.1, 0.15) is 45.7 Å². The van der Waals surface area contributed by atoms with Gasteiger partial charge in [0.25, 0.3) is 0 Å². The van der Waals surface area contributed by atoms with Crippen LogP contribution in [-0.4, -0.2) is 21.5 Å². The van der Waals surface area contributed by atoms with E-state index in [1.165, 1.54) is 39.5 Å². The Bertz CT molecular complexity index is 1020. The second-order valence-electron chi connectivity index (χ2n) is 7.80. The Morgan fingerprint density at radius 3 is 2.93 bits per heavy atom. The maximum atomic E-state index is 4.99. The van der Waals surface area contributed by atoms with Crippen molar-refractivity contribution in [1.29, 1.82) is 0 Å². The Hall–Kier alpha value is -2.95. The summed E-state index contributed by atoms with van der Waals surface area (Å²) in [6, 6.07) is 11.2. The molecule has 3 aliphatic rings.